The van der Waals surface area contributed by atoms with Gasteiger partial charge in [0.2, 0.25) is 0 Å². The molecule has 0 radical (unpaired) electrons. The Bertz CT molecular complexity index is 883. The lowest BCUT2D eigenvalue weighted by molar-refractivity contribution is -0.146. The number of amides is 2. The number of carbonyl (C=O) groups excluding carboxylic acids is 3. The molecule has 0 aliphatic heterocycles. The van der Waals surface area contributed by atoms with Crippen LogP contribution in [0.3, 0.4) is 0 Å². The van der Waals surface area contributed by atoms with Crippen molar-refractivity contribution >= 4 is 23.5 Å². The van der Waals surface area contributed by atoms with Crippen molar-refractivity contribution < 1.29 is 33.3 Å². The van der Waals surface area contributed by atoms with E-state index in [-0.39, 0.29) is 5.56 Å². The van der Waals surface area contributed by atoms with Crippen LogP contribution in [-0.2, 0) is 14.3 Å². The molecule has 2 aromatic carbocycles. The van der Waals surface area contributed by atoms with Gasteiger partial charge in [-0.3, -0.25) is 14.4 Å². The predicted molar refractivity (Wildman–Crippen MR) is 104 cm³/mol. The highest BCUT2D eigenvalue weighted by Gasteiger charge is 2.15. The van der Waals surface area contributed by atoms with Gasteiger partial charge in [0, 0.05) is 6.07 Å². The number of rotatable bonds is 9. The van der Waals surface area contributed by atoms with Crippen molar-refractivity contribution in [3.05, 3.63) is 48.0 Å². The molecule has 0 aliphatic rings. The van der Waals surface area contributed by atoms with Crippen molar-refractivity contribution in [2.24, 2.45) is 0 Å². The van der Waals surface area contributed by atoms with Crippen molar-refractivity contribution in [3.8, 4) is 17.2 Å². The standard InChI is InChI=1S/C20H22N2O7/c1-26-13-8-9-15(17(10-13)28-3)22-18(23)12-29-19(24)11-21-20(25)14-6-4-5-7-16(14)27-2/h4-10H,11-12H2,1-3H3,(H,21,25)(H,22,23). The Morgan fingerprint density at radius 3 is 2.31 bits per heavy atom. The minimum absolute atomic E-state index is 0.284. The molecule has 29 heavy (non-hydrogen) atoms. The summed E-state index contributed by atoms with van der Waals surface area (Å²) in [6, 6.07) is 11.4. The number of methoxy groups -OCH3 is 3. The van der Waals surface area contributed by atoms with Crippen LogP contribution in [0.25, 0.3) is 0 Å². The van der Waals surface area contributed by atoms with Gasteiger partial charge >= 0.3 is 5.97 Å². The molecule has 9 nitrogen and oxygen atoms in total. The zero-order chi connectivity index (χ0) is 21.2. The molecular weight excluding hydrogens is 380 g/mol. The zero-order valence-electron chi connectivity index (χ0n) is 16.3. The molecular formula is C20H22N2O7. The summed E-state index contributed by atoms with van der Waals surface area (Å²) in [5.41, 5.74) is 0.686. The number of hydrogen-bond donors (Lipinski definition) is 2. The Hall–Kier alpha value is -3.75. The first-order valence-electron chi connectivity index (χ1n) is 8.57. The van der Waals surface area contributed by atoms with Crippen LogP contribution < -0.4 is 24.8 Å². The summed E-state index contributed by atoms with van der Waals surface area (Å²) in [4.78, 5) is 35.9. The van der Waals surface area contributed by atoms with Gasteiger partial charge in [-0.2, -0.15) is 0 Å². The molecule has 2 amide bonds. The number of hydrogen-bond acceptors (Lipinski definition) is 7. The number of benzene rings is 2. The average Bonchev–Trinajstić information content (AvgIpc) is 2.76. The molecule has 0 spiro atoms. The van der Waals surface area contributed by atoms with Crippen LogP contribution in [0.4, 0.5) is 5.69 Å². The van der Waals surface area contributed by atoms with E-state index in [1.54, 1.807) is 42.5 Å². The highest BCUT2D eigenvalue weighted by molar-refractivity contribution is 5.98. The van der Waals surface area contributed by atoms with E-state index in [2.05, 4.69) is 10.6 Å². The van der Waals surface area contributed by atoms with Gasteiger partial charge in [-0.25, -0.2) is 0 Å². The van der Waals surface area contributed by atoms with Crippen LogP contribution >= 0.6 is 0 Å². The molecule has 2 N–H and O–H groups in total. The molecule has 0 unspecified atom stereocenters. The van der Waals surface area contributed by atoms with Gasteiger partial charge in [-0.15, -0.1) is 0 Å². The number of ether oxygens (including phenoxy) is 4. The third-order valence-corrected chi connectivity index (χ3v) is 3.79. The Labute approximate surface area is 167 Å². The summed E-state index contributed by atoms with van der Waals surface area (Å²) >= 11 is 0. The van der Waals surface area contributed by atoms with E-state index in [1.165, 1.54) is 21.3 Å². The Morgan fingerprint density at radius 1 is 0.897 bits per heavy atom. The van der Waals surface area contributed by atoms with Gasteiger partial charge in [-0.05, 0) is 24.3 Å². The summed E-state index contributed by atoms with van der Waals surface area (Å²) < 4.78 is 20.2. The number of anilines is 1. The highest BCUT2D eigenvalue weighted by Crippen LogP contribution is 2.28. The van der Waals surface area contributed by atoms with Crippen LogP contribution in [-0.4, -0.2) is 52.3 Å². The van der Waals surface area contributed by atoms with E-state index in [4.69, 9.17) is 18.9 Å². The number of nitrogens with one attached hydrogen (secondary N) is 2. The van der Waals surface area contributed by atoms with Crippen molar-refractivity contribution in [3.63, 3.8) is 0 Å². The fraction of sp³-hybridized carbons (Fsp3) is 0.250. The first-order chi connectivity index (χ1) is 14.0. The molecule has 154 valence electrons. The lowest BCUT2D eigenvalue weighted by Gasteiger charge is -2.12. The molecule has 2 aromatic rings. The van der Waals surface area contributed by atoms with Crippen LogP contribution in [0.2, 0.25) is 0 Å². The fourth-order valence-electron chi connectivity index (χ4n) is 2.37. The third kappa shape index (κ3) is 6.13. The van der Waals surface area contributed by atoms with Crippen molar-refractivity contribution in [1.82, 2.24) is 5.32 Å². The summed E-state index contributed by atoms with van der Waals surface area (Å²) in [5, 5.41) is 4.99. The van der Waals surface area contributed by atoms with E-state index < -0.39 is 30.9 Å². The first kappa shape index (κ1) is 21.5. The second-order valence-electron chi connectivity index (χ2n) is 5.66. The van der Waals surface area contributed by atoms with Crippen LogP contribution in [0.5, 0.6) is 17.2 Å². The molecule has 0 bridgehead atoms. The molecule has 0 saturated carbocycles. The van der Waals surface area contributed by atoms with Gasteiger partial charge < -0.3 is 29.6 Å². The minimum Gasteiger partial charge on any atom is -0.497 e. The van der Waals surface area contributed by atoms with Crippen LogP contribution in [0.15, 0.2) is 42.5 Å². The van der Waals surface area contributed by atoms with E-state index in [9.17, 15) is 14.4 Å². The third-order valence-electron chi connectivity index (χ3n) is 3.79. The largest absolute Gasteiger partial charge is 0.497 e. The molecule has 0 aromatic heterocycles. The monoisotopic (exact) mass is 402 g/mol. The molecule has 0 aliphatic carbocycles. The second kappa shape index (κ2) is 10.5. The highest BCUT2D eigenvalue weighted by atomic mass is 16.5. The van der Waals surface area contributed by atoms with E-state index in [1.807, 2.05) is 0 Å². The molecule has 0 atom stereocenters. The maximum absolute atomic E-state index is 12.1. The van der Waals surface area contributed by atoms with Gasteiger partial charge in [0.1, 0.15) is 23.8 Å². The lowest BCUT2D eigenvalue weighted by Crippen LogP contribution is -2.32. The van der Waals surface area contributed by atoms with E-state index in [0.29, 0.717) is 22.9 Å². The van der Waals surface area contributed by atoms with Gasteiger partial charge in [-0.1, -0.05) is 12.1 Å². The van der Waals surface area contributed by atoms with Crippen molar-refractivity contribution in [2.45, 2.75) is 0 Å². The topological polar surface area (TPSA) is 112 Å². The number of para-hydroxylation sites is 1. The quantitative estimate of drug-likeness (QED) is 0.613. The zero-order valence-corrected chi connectivity index (χ0v) is 16.3. The van der Waals surface area contributed by atoms with Crippen molar-refractivity contribution in [2.75, 3.05) is 39.8 Å². The molecule has 0 saturated heterocycles. The normalized spacial score (nSPS) is 9.90. The minimum atomic E-state index is -0.759. The van der Waals surface area contributed by atoms with Crippen LogP contribution in [0.1, 0.15) is 10.4 Å². The Morgan fingerprint density at radius 2 is 1.62 bits per heavy atom. The predicted octanol–water partition coefficient (Wildman–Crippen LogP) is 1.62. The first-order valence-corrected chi connectivity index (χ1v) is 8.57. The van der Waals surface area contributed by atoms with Gasteiger partial charge in [0.05, 0.1) is 32.6 Å². The lowest BCUT2D eigenvalue weighted by atomic mass is 10.2. The van der Waals surface area contributed by atoms with Gasteiger partial charge in [0.15, 0.2) is 6.61 Å². The Balaban J connectivity index is 1.82. The fourth-order valence-corrected chi connectivity index (χ4v) is 2.37. The summed E-state index contributed by atoms with van der Waals surface area (Å²) in [6.45, 7) is -0.908. The maximum Gasteiger partial charge on any atom is 0.325 e. The number of carbonyl (C=O) groups is 3. The van der Waals surface area contributed by atoms with Gasteiger partial charge in [0.25, 0.3) is 11.8 Å². The average molecular weight is 402 g/mol. The number of esters is 1. The summed E-state index contributed by atoms with van der Waals surface area (Å²) in [5.74, 6) is -0.467. The smallest absolute Gasteiger partial charge is 0.325 e. The van der Waals surface area contributed by atoms with Crippen molar-refractivity contribution in [1.29, 1.82) is 0 Å². The summed E-state index contributed by atoms with van der Waals surface area (Å²) in [6.07, 6.45) is 0. The van der Waals surface area contributed by atoms with E-state index >= 15 is 0 Å². The maximum atomic E-state index is 12.1. The summed E-state index contributed by atoms with van der Waals surface area (Å²) in [7, 11) is 4.41. The van der Waals surface area contributed by atoms with Crippen LogP contribution in [0, 0.1) is 0 Å². The molecule has 2 rings (SSSR count). The molecule has 9 heteroatoms. The van der Waals surface area contributed by atoms with E-state index in [0.717, 1.165) is 0 Å². The second-order valence-corrected chi connectivity index (χ2v) is 5.66. The molecule has 0 heterocycles. The molecule has 0 fully saturated rings. The Kier molecular flexibility index (Phi) is 7.84. The SMILES string of the molecule is COc1ccc(NC(=O)COC(=O)CNC(=O)c2ccccc2OC)c(OC)c1.